The smallest absolute Gasteiger partial charge is 0.460 e. The Labute approximate surface area is 182 Å². The van der Waals surface area contributed by atoms with Crippen LogP contribution in [0.2, 0.25) is 0 Å². The zero-order valence-corrected chi connectivity index (χ0v) is 15.9. The number of hydrogen-bond donors (Lipinski definition) is 1. The summed E-state index contributed by atoms with van der Waals surface area (Å²) >= 11 is 0. The Morgan fingerprint density at radius 2 is 0.943 bits per heavy atom. The Kier molecular flexibility index (Phi) is 7.22. The van der Waals surface area contributed by atoms with Crippen LogP contribution in [0, 0.1) is 0 Å². The molecule has 0 fully saturated rings. The number of nitrogens with zero attached hydrogens (tertiary/aromatic N) is 1. The maximum absolute atomic E-state index is 13.9. The fraction of sp³-hybridized carbons (Fsp3) is 0.909. The monoisotopic (exact) mass is 591 g/mol. The molecule has 0 radical (unpaired) electrons. The summed E-state index contributed by atoms with van der Waals surface area (Å²) in [7, 11) is -8.44. The van der Waals surface area contributed by atoms with Crippen molar-refractivity contribution in [1.82, 2.24) is 4.31 Å². The molecule has 0 heterocycles. The molecule has 0 saturated carbocycles. The molecule has 0 bridgehead atoms. The second kappa shape index (κ2) is 8.61. The van der Waals surface area contributed by atoms with Crippen LogP contribution in [0.1, 0.15) is 2.74 Å². The lowest BCUT2D eigenvalue weighted by molar-refractivity contribution is -0.458. The molecular formula is C11H5F18NO4S. The maximum Gasteiger partial charge on any atom is 0.460 e. The average Bonchev–Trinajstić information content (AvgIpc) is 2.62. The van der Waals surface area contributed by atoms with E-state index in [0.29, 0.717) is 0 Å². The zero-order chi connectivity index (χ0) is 30.9. The largest absolute Gasteiger partial charge is 0.480 e. The van der Waals surface area contributed by atoms with Crippen molar-refractivity contribution in [2.24, 2.45) is 0 Å². The Bertz CT molecular complexity index is 989. The molecule has 0 aliphatic carbocycles. The number of aliphatic carboxylic acids is 1. The summed E-state index contributed by atoms with van der Waals surface area (Å²) in [4.78, 5) is 10.4. The number of rotatable bonds is 11. The number of halogens is 18. The first-order valence-corrected chi connectivity index (χ1v) is 8.63. The SMILES string of the molecule is [2H]C([2H])(F)N(CC(=O)O)S(=O)(=O)C(F)(F)C(F)(F)C(F)(F)C(F)(F)C(F)(F)C(F)(F)C(F)(F)C(F)(F)F. The van der Waals surface area contributed by atoms with E-state index >= 15 is 0 Å². The molecule has 35 heavy (non-hydrogen) atoms. The van der Waals surface area contributed by atoms with E-state index in [-0.39, 0.29) is 0 Å². The second-order valence-corrected chi connectivity index (χ2v) is 7.85. The lowest BCUT2D eigenvalue weighted by Gasteiger charge is -2.42. The van der Waals surface area contributed by atoms with Gasteiger partial charge in [0.25, 0.3) is 10.0 Å². The van der Waals surface area contributed by atoms with E-state index in [1.807, 2.05) is 0 Å². The van der Waals surface area contributed by atoms with Crippen molar-refractivity contribution in [3.63, 3.8) is 0 Å². The number of carboxylic acid groups (broad SMARTS) is 1. The van der Waals surface area contributed by atoms with Crippen molar-refractivity contribution >= 4 is 16.0 Å². The molecular weight excluding hydrogens is 584 g/mol. The normalized spacial score (nSPS) is 17.3. The number of hydrogen-bond acceptors (Lipinski definition) is 3. The van der Waals surface area contributed by atoms with E-state index in [1.54, 1.807) is 0 Å². The molecule has 0 spiro atoms. The standard InChI is InChI=1S/C11H5F18NO4S/c12-2-30(1-3(31)32)35(33,34)11(28,29)9(23,24)7(19,20)5(15,16)4(13,14)6(17,18)8(21,22)10(25,26)27/h1-2H2,(H,31,32)/i2D2. The van der Waals surface area contributed by atoms with Crippen molar-refractivity contribution in [3.05, 3.63) is 0 Å². The second-order valence-electron chi connectivity index (χ2n) is 5.95. The minimum absolute atomic E-state index is 2.57. The molecule has 0 aliphatic rings. The third kappa shape index (κ3) is 4.32. The van der Waals surface area contributed by atoms with Gasteiger partial charge in [0.05, 0.1) is 2.74 Å². The predicted octanol–water partition coefficient (Wildman–Crippen LogP) is 4.60. The Balaban J connectivity index is 7.23. The summed E-state index contributed by atoms with van der Waals surface area (Å²) in [5, 5.41) is -0.0710. The van der Waals surface area contributed by atoms with Crippen LogP contribution >= 0.6 is 0 Å². The third-order valence-electron chi connectivity index (χ3n) is 3.68. The molecule has 0 aromatic carbocycles. The van der Waals surface area contributed by atoms with Gasteiger partial charge in [-0.05, 0) is 0 Å². The van der Waals surface area contributed by atoms with Crippen LogP contribution in [-0.2, 0) is 14.8 Å². The molecule has 1 N–H and O–H groups in total. The average molecular weight is 591 g/mol. The molecule has 24 heteroatoms. The maximum atomic E-state index is 13.9. The van der Waals surface area contributed by atoms with Crippen LogP contribution in [0.25, 0.3) is 0 Å². The van der Waals surface area contributed by atoms with Crippen LogP contribution in [0.5, 0.6) is 0 Å². The van der Waals surface area contributed by atoms with Crippen molar-refractivity contribution < 1.29 is 100 Å². The highest BCUT2D eigenvalue weighted by atomic mass is 32.2. The summed E-state index contributed by atoms with van der Waals surface area (Å²) in [6, 6.07) is 0. The quantitative estimate of drug-likeness (QED) is 0.282. The van der Waals surface area contributed by atoms with E-state index in [0.717, 1.165) is 0 Å². The van der Waals surface area contributed by atoms with Gasteiger partial charge in [-0.2, -0.15) is 78.9 Å². The summed E-state index contributed by atoms with van der Waals surface area (Å²) in [6.45, 7) is -8.66. The first kappa shape index (κ1) is 29.4. The van der Waals surface area contributed by atoms with Crippen molar-refractivity contribution in [1.29, 1.82) is 0 Å². The highest BCUT2D eigenvalue weighted by molar-refractivity contribution is 7.90. The molecule has 0 amide bonds. The van der Waals surface area contributed by atoms with Crippen molar-refractivity contribution in [2.75, 3.05) is 13.3 Å². The minimum Gasteiger partial charge on any atom is -0.480 e. The lowest BCUT2D eigenvalue weighted by atomic mass is 9.91. The molecule has 210 valence electrons. The molecule has 0 atom stereocenters. The number of sulfonamides is 1. The van der Waals surface area contributed by atoms with E-state index in [1.165, 1.54) is 0 Å². The summed E-state index contributed by atoms with van der Waals surface area (Å²) < 4.78 is 270. The number of carbonyl (C=O) groups is 1. The molecule has 0 aliphatic heterocycles. The van der Waals surface area contributed by atoms with Gasteiger partial charge in [-0.15, -0.1) is 0 Å². The molecule has 0 rings (SSSR count). The van der Waals surface area contributed by atoms with E-state index in [4.69, 9.17) is 7.85 Å². The predicted molar refractivity (Wildman–Crippen MR) is 69.9 cm³/mol. The number of carboxylic acids is 1. The highest BCUT2D eigenvalue weighted by Crippen LogP contribution is 2.64. The van der Waals surface area contributed by atoms with Crippen LogP contribution in [0.15, 0.2) is 0 Å². The minimum atomic E-state index is -9.15. The summed E-state index contributed by atoms with van der Waals surface area (Å²) in [5.41, 5.74) is 0. The lowest BCUT2D eigenvalue weighted by Crippen LogP contribution is -2.75. The van der Waals surface area contributed by atoms with Gasteiger partial charge in [-0.25, -0.2) is 12.8 Å². The van der Waals surface area contributed by atoms with Gasteiger partial charge in [-0.1, -0.05) is 0 Å². The summed E-state index contributed by atoms with van der Waals surface area (Å²) in [6.07, 6.45) is -8.01. The number of alkyl halides is 18. The zero-order valence-electron chi connectivity index (χ0n) is 17.0. The molecule has 0 saturated heterocycles. The van der Waals surface area contributed by atoms with Crippen molar-refractivity contribution in [2.45, 2.75) is 47.0 Å². The molecule has 0 aromatic heterocycles. The van der Waals surface area contributed by atoms with Crippen LogP contribution in [-0.4, -0.2) is 84.1 Å². The molecule has 5 nitrogen and oxygen atoms in total. The molecule has 0 unspecified atom stereocenters. The fourth-order valence-corrected chi connectivity index (χ4v) is 2.83. The van der Waals surface area contributed by atoms with Crippen LogP contribution in [0.4, 0.5) is 79.0 Å². The van der Waals surface area contributed by atoms with Crippen molar-refractivity contribution in [3.8, 4) is 0 Å². The Morgan fingerprint density at radius 1 is 0.657 bits per heavy atom. The Morgan fingerprint density at radius 3 is 1.20 bits per heavy atom. The van der Waals surface area contributed by atoms with Gasteiger partial charge < -0.3 is 5.11 Å². The van der Waals surface area contributed by atoms with E-state index < -0.39 is 80.6 Å². The van der Waals surface area contributed by atoms with Crippen LogP contribution < -0.4 is 0 Å². The van der Waals surface area contributed by atoms with Gasteiger partial charge in [-0.3, -0.25) is 4.79 Å². The van der Waals surface area contributed by atoms with Gasteiger partial charge in [0.1, 0.15) is 6.54 Å². The van der Waals surface area contributed by atoms with Gasteiger partial charge in [0.15, 0.2) is 6.75 Å². The Hall–Kier alpha value is -1.88. The first-order valence-electron chi connectivity index (χ1n) is 8.19. The van der Waals surface area contributed by atoms with E-state index in [2.05, 4.69) is 0 Å². The highest BCUT2D eigenvalue weighted by Gasteiger charge is 2.96. The summed E-state index contributed by atoms with van der Waals surface area (Å²) in [5.74, 6) is -56.4. The molecule has 0 aromatic rings. The van der Waals surface area contributed by atoms with E-state index in [9.17, 15) is 92.2 Å². The fourth-order valence-electron chi connectivity index (χ4n) is 1.73. The first-order chi connectivity index (χ1) is 15.5. The van der Waals surface area contributed by atoms with Gasteiger partial charge in [0, 0.05) is 0 Å². The van der Waals surface area contributed by atoms with Gasteiger partial charge in [0.2, 0.25) is 0 Å². The third-order valence-corrected chi connectivity index (χ3v) is 5.36. The topological polar surface area (TPSA) is 74.7 Å². The van der Waals surface area contributed by atoms with Crippen LogP contribution in [0.3, 0.4) is 0 Å². The van der Waals surface area contributed by atoms with Gasteiger partial charge >= 0.3 is 52.9 Å².